The van der Waals surface area contributed by atoms with Crippen LogP contribution in [0, 0.1) is 0 Å². The van der Waals surface area contributed by atoms with Gasteiger partial charge < -0.3 is 11.1 Å². The van der Waals surface area contributed by atoms with E-state index in [9.17, 15) is 4.79 Å². The molecule has 1 aromatic rings. The number of amides is 1. The van der Waals surface area contributed by atoms with Crippen LogP contribution in [0.15, 0.2) is 28.7 Å². The van der Waals surface area contributed by atoms with E-state index >= 15 is 0 Å². The Hall–Kier alpha value is -0.910. The Morgan fingerprint density at radius 3 is 2.75 bits per heavy atom. The van der Waals surface area contributed by atoms with Crippen LogP contribution in [0.2, 0.25) is 0 Å². The second kappa shape index (κ2) is 9.10. The van der Waals surface area contributed by atoms with E-state index in [2.05, 4.69) is 32.2 Å². The monoisotopic (exact) mass is 341 g/mol. The molecule has 0 spiro atoms. The van der Waals surface area contributed by atoms with Crippen LogP contribution in [0.25, 0.3) is 0 Å². The van der Waals surface area contributed by atoms with Gasteiger partial charge in [-0.2, -0.15) is 0 Å². The summed E-state index contributed by atoms with van der Waals surface area (Å²) in [5, 5.41) is 2.90. The lowest BCUT2D eigenvalue weighted by Gasteiger charge is -2.27. The first-order valence-corrected chi connectivity index (χ1v) is 7.78. The van der Waals surface area contributed by atoms with Crippen molar-refractivity contribution in [2.45, 2.75) is 32.4 Å². The molecule has 0 saturated carbocycles. The Balaban J connectivity index is 2.56. The highest BCUT2D eigenvalue weighted by molar-refractivity contribution is 9.10. The molecule has 0 bridgehead atoms. The SMILES string of the molecule is CCCNC(=O)CC(CN)N(C)Cc1ccccc1Br. The summed E-state index contributed by atoms with van der Waals surface area (Å²) in [6, 6.07) is 8.16. The van der Waals surface area contributed by atoms with Crippen LogP contribution in [0.4, 0.5) is 0 Å². The van der Waals surface area contributed by atoms with Crippen molar-refractivity contribution in [3.8, 4) is 0 Å². The number of halogens is 1. The summed E-state index contributed by atoms with van der Waals surface area (Å²) < 4.78 is 1.08. The molecule has 4 nitrogen and oxygen atoms in total. The quantitative estimate of drug-likeness (QED) is 0.761. The number of likely N-dealkylation sites (N-methyl/N-ethyl adjacent to an activating group) is 1. The molecule has 20 heavy (non-hydrogen) atoms. The zero-order valence-electron chi connectivity index (χ0n) is 12.2. The topological polar surface area (TPSA) is 58.4 Å². The van der Waals surface area contributed by atoms with Crippen LogP contribution in [-0.2, 0) is 11.3 Å². The molecule has 0 heterocycles. The van der Waals surface area contributed by atoms with E-state index in [1.54, 1.807) is 0 Å². The average molecular weight is 342 g/mol. The number of carbonyl (C=O) groups excluding carboxylic acids is 1. The smallest absolute Gasteiger partial charge is 0.221 e. The Morgan fingerprint density at radius 2 is 2.15 bits per heavy atom. The molecule has 1 unspecified atom stereocenters. The van der Waals surface area contributed by atoms with Gasteiger partial charge in [-0.25, -0.2) is 0 Å². The zero-order valence-corrected chi connectivity index (χ0v) is 13.8. The fraction of sp³-hybridized carbons (Fsp3) is 0.533. The Kier molecular flexibility index (Phi) is 7.80. The van der Waals surface area contributed by atoms with Gasteiger partial charge in [0.2, 0.25) is 5.91 Å². The molecule has 112 valence electrons. The van der Waals surface area contributed by atoms with E-state index in [1.807, 2.05) is 32.2 Å². The first-order valence-electron chi connectivity index (χ1n) is 6.98. The Labute approximate surface area is 129 Å². The van der Waals surface area contributed by atoms with Crippen molar-refractivity contribution in [2.75, 3.05) is 20.1 Å². The minimum atomic E-state index is 0.0546. The van der Waals surface area contributed by atoms with Gasteiger partial charge in [0.15, 0.2) is 0 Å². The van der Waals surface area contributed by atoms with Gasteiger partial charge >= 0.3 is 0 Å². The molecule has 0 aliphatic rings. The lowest BCUT2D eigenvalue weighted by atomic mass is 10.1. The van der Waals surface area contributed by atoms with Gasteiger partial charge in [-0.1, -0.05) is 41.1 Å². The van der Waals surface area contributed by atoms with Gasteiger partial charge in [0, 0.05) is 36.6 Å². The minimum absolute atomic E-state index is 0.0546. The third-order valence-electron chi connectivity index (χ3n) is 3.27. The first kappa shape index (κ1) is 17.1. The number of hydrogen-bond donors (Lipinski definition) is 2. The maximum absolute atomic E-state index is 11.8. The molecule has 0 fully saturated rings. The Morgan fingerprint density at radius 1 is 1.45 bits per heavy atom. The van der Waals surface area contributed by atoms with E-state index in [1.165, 1.54) is 5.56 Å². The fourth-order valence-corrected chi connectivity index (χ4v) is 2.40. The highest BCUT2D eigenvalue weighted by atomic mass is 79.9. The van der Waals surface area contributed by atoms with Crippen LogP contribution in [0.5, 0.6) is 0 Å². The summed E-state index contributed by atoms with van der Waals surface area (Å²) in [6.45, 7) is 4.01. The maximum atomic E-state index is 11.8. The molecular formula is C15H24BrN3O. The molecule has 0 aromatic heterocycles. The number of benzene rings is 1. The van der Waals surface area contributed by atoms with Gasteiger partial charge in [-0.3, -0.25) is 9.69 Å². The number of carbonyl (C=O) groups is 1. The fourth-order valence-electron chi connectivity index (χ4n) is 1.99. The van der Waals surface area contributed by atoms with Crippen LogP contribution >= 0.6 is 15.9 Å². The third-order valence-corrected chi connectivity index (χ3v) is 4.04. The molecular weight excluding hydrogens is 318 g/mol. The summed E-state index contributed by atoms with van der Waals surface area (Å²) >= 11 is 3.54. The van der Waals surface area contributed by atoms with E-state index in [4.69, 9.17) is 5.73 Å². The predicted octanol–water partition coefficient (Wildman–Crippen LogP) is 2.12. The van der Waals surface area contributed by atoms with Gasteiger partial charge in [0.05, 0.1) is 0 Å². The van der Waals surface area contributed by atoms with E-state index < -0.39 is 0 Å². The van der Waals surface area contributed by atoms with Crippen LogP contribution in [-0.4, -0.2) is 37.0 Å². The van der Waals surface area contributed by atoms with Gasteiger partial charge in [-0.15, -0.1) is 0 Å². The molecule has 1 amide bonds. The summed E-state index contributed by atoms with van der Waals surface area (Å²) in [6.07, 6.45) is 1.39. The highest BCUT2D eigenvalue weighted by Crippen LogP contribution is 2.18. The van der Waals surface area contributed by atoms with Crippen molar-refractivity contribution in [1.82, 2.24) is 10.2 Å². The van der Waals surface area contributed by atoms with E-state index in [-0.39, 0.29) is 11.9 Å². The van der Waals surface area contributed by atoms with Crippen molar-refractivity contribution in [1.29, 1.82) is 0 Å². The van der Waals surface area contributed by atoms with Gasteiger partial charge in [0.1, 0.15) is 0 Å². The summed E-state index contributed by atoms with van der Waals surface area (Å²) in [4.78, 5) is 13.9. The lowest BCUT2D eigenvalue weighted by molar-refractivity contribution is -0.122. The summed E-state index contributed by atoms with van der Waals surface area (Å²) in [5.74, 6) is 0.0706. The molecule has 3 N–H and O–H groups in total. The van der Waals surface area contributed by atoms with E-state index in [0.717, 1.165) is 24.0 Å². The van der Waals surface area contributed by atoms with Gasteiger partial charge in [-0.05, 0) is 25.1 Å². The number of rotatable bonds is 8. The lowest BCUT2D eigenvalue weighted by Crippen LogP contribution is -2.41. The Bertz CT molecular complexity index is 425. The van der Waals surface area contributed by atoms with Crippen LogP contribution in [0.3, 0.4) is 0 Å². The van der Waals surface area contributed by atoms with Crippen LogP contribution < -0.4 is 11.1 Å². The van der Waals surface area contributed by atoms with Crippen molar-refractivity contribution < 1.29 is 4.79 Å². The molecule has 0 aliphatic heterocycles. The molecule has 5 heteroatoms. The van der Waals surface area contributed by atoms with Crippen LogP contribution in [0.1, 0.15) is 25.3 Å². The largest absolute Gasteiger partial charge is 0.356 e. The maximum Gasteiger partial charge on any atom is 0.221 e. The van der Waals surface area contributed by atoms with Gasteiger partial charge in [0.25, 0.3) is 0 Å². The standard InChI is InChI=1S/C15H24BrN3O/c1-3-8-18-15(20)9-13(10-17)19(2)11-12-6-4-5-7-14(12)16/h4-7,13H,3,8-11,17H2,1-2H3,(H,18,20). The molecule has 1 atom stereocenters. The second-order valence-electron chi connectivity index (χ2n) is 4.95. The van der Waals surface area contributed by atoms with E-state index in [0.29, 0.717) is 13.0 Å². The average Bonchev–Trinajstić information content (AvgIpc) is 2.44. The zero-order chi connectivity index (χ0) is 15.0. The third kappa shape index (κ3) is 5.61. The number of nitrogens with two attached hydrogens (primary N) is 1. The van der Waals surface area contributed by atoms with Crippen molar-refractivity contribution in [3.63, 3.8) is 0 Å². The number of hydrogen-bond acceptors (Lipinski definition) is 3. The van der Waals surface area contributed by atoms with Crippen molar-refractivity contribution >= 4 is 21.8 Å². The summed E-state index contributed by atoms with van der Waals surface area (Å²) in [7, 11) is 2.00. The number of nitrogens with one attached hydrogen (secondary N) is 1. The molecule has 1 aromatic carbocycles. The highest BCUT2D eigenvalue weighted by Gasteiger charge is 2.17. The predicted molar refractivity (Wildman–Crippen MR) is 86.4 cm³/mol. The molecule has 1 rings (SSSR count). The molecule has 0 aliphatic carbocycles. The number of nitrogens with zero attached hydrogens (tertiary/aromatic N) is 1. The molecule has 0 radical (unpaired) electrons. The summed E-state index contributed by atoms with van der Waals surface area (Å²) in [5.41, 5.74) is 7.01. The second-order valence-corrected chi connectivity index (χ2v) is 5.80. The molecule has 0 saturated heterocycles. The van der Waals surface area contributed by atoms with Crippen molar-refractivity contribution in [3.05, 3.63) is 34.3 Å². The minimum Gasteiger partial charge on any atom is -0.356 e. The normalized spacial score (nSPS) is 12.4. The van der Waals surface area contributed by atoms with Crippen molar-refractivity contribution in [2.24, 2.45) is 5.73 Å². The first-order chi connectivity index (χ1) is 9.58.